The van der Waals surface area contributed by atoms with Gasteiger partial charge in [0.05, 0.1) is 23.4 Å². The highest BCUT2D eigenvalue weighted by Gasteiger charge is 2.34. The van der Waals surface area contributed by atoms with Gasteiger partial charge in [-0.3, -0.25) is 4.79 Å². The van der Waals surface area contributed by atoms with E-state index in [0.29, 0.717) is 34.5 Å². The lowest BCUT2D eigenvalue weighted by Gasteiger charge is -2.23. The maximum Gasteiger partial charge on any atom is 0.257 e. The van der Waals surface area contributed by atoms with E-state index >= 15 is 0 Å². The summed E-state index contributed by atoms with van der Waals surface area (Å²) in [5, 5.41) is 0.366. The van der Waals surface area contributed by atoms with Crippen LogP contribution in [0.25, 0.3) is 0 Å². The van der Waals surface area contributed by atoms with Gasteiger partial charge in [0.1, 0.15) is 5.75 Å². The first-order chi connectivity index (χ1) is 11.5. The van der Waals surface area contributed by atoms with Crippen LogP contribution in [0, 0.1) is 0 Å². The van der Waals surface area contributed by atoms with Crippen molar-refractivity contribution in [3.63, 3.8) is 0 Å². The molecule has 1 aliphatic heterocycles. The number of nitrogens with two attached hydrogens (primary N) is 1. The zero-order valence-corrected chi connectivity index (χ0v) is 14.6. The molecule has 24 heavy (non-hydrogen) atoms. The quantitative estimate of drug-likeness (QED) is 0.858. The minimum atomic E-state index is -0.0697. The standard InChI is InChI=1S/C19H21ClN2O2/c1-12-8-14(13-6-4-3-5-7-13)11-22(12)19(23)15-9-16(20)17(21)10-18(15)24-2/h3-7,9-10,12,14H,8,11,21H2,1-2H3. The molecule has 2 aromatic rings. The molecule has 1 saturated heterocycles. The Morgan fingerprint density at radius 2 is 2.00 bits per heavy atom. The van der Waals surface area contributed by atoms with Gasteiger partial charge in [-0.2, -0.15) is 0 Å². The predicted molar refractivity (Wildman–Crippen MR) is 96.7 cm³/mol. The number of halogens is 1. The Hall–Kier alpha value is -2.20. The Labute approximate surface area is 147 Å². The predicted octanol–water partition coefficient (Wildman–Crippen LogP) is 3.95. The van der Waals surface area contributed by atoms with Gasteiger partial charge in [0.15, 0.2) is 0 Å². The van der Waals surface area contributed by atoms with Gasteiger partial charge in [0, 0.05) is 24.6 Å². The minimum absolute atomic E-state index is 0.0697. The van der Waals surface area contributed by atoms with E-state index in [9.17, 15) is 4.79 Å². The third-order valence-electron chi connectivity index (χ3n) is 4.66. The number of hydrogen-bond donors (Lipinski definition) is 1. The second kappa shape index (κ2) is 6.73. The third-order valence-corrected chi connectivity index (χ3v) is 4.98. The van der Waals surface area contributed by atoms with Crippen molar-refractivity contribution in [2.75, 3.05) is 19.4 Å². The highest BCUT2D eigenvalue weighted by molar-refractivity contribution is 6.33. The molecule has 1 fully saturated rings. The number of hydrogen-bond acceptors (Lipinski definition) is 3. The number of methoxy groups -OCH3 is 1. The average molecular weight is 345 g/mol. The van der Waals surface area contributed by atoms with Gasteiger partial charge in [0.25, 0.3) is 5.91 Å². The summed E-state index contributed by atoms with van der Waals surface area (Å²) in [5.41, 5.74) is 7.93. The van der Waals surface area contributed by atoms with Crippen LogP contribution in [0.5, 0.6) is 5.75 Å². The molecule has 0 aromatic heterocycles. The van der Waals surface area contributed by atoms with E-state index in [1.54, 1.807) is 12.1 Å². The number of benzene rings is 2. The summed E-state index contributed by atoms with van der Waals surface area (Å²) in [5.74, 6) is 0.734. The molecule has 0 aliphatic carbocycles. The van der Waals surface area contributed by atoms with Gasteiger partial charge >= 0.3 is 0 Å². The summed E-state index contributed by atoms with van der Waals surface area (Å²) in [6.45, 7) is 2.77. The molecule has 1 aliphatic rings. The molecule has 4 nitrogen and oxygen atoms in total. The number of nitrogens with zero attached hydrogens (tertiary/aromatic N) is 1. The van der Waals surface area contributed by atoms with E-state index in [1.165, 1.54) is 12.7 Å². The molecular formula is C19H21ClN2O2. The van der Waals surface area contributed by atoms with Crippen LogP contribution in [0.3, 0.4) is 0 Å². The number of carbonyl (C=O) groups is 1. The summed E-state index contributed by atoms with van der Waals surface area (Å²) in [7, 11) is 1.53. The second-order valence-corrected chi connectivity index (χ2v) is 6.63. The molecule has 0 spiro atoms. The van der Waals surface area contributed by atoms with Crippen LogP contribution in [0.4, 0.5) is 5.69 Å². The van der Waals surface area contributed by atoms with Crippen LogP contribution in [0.1, 0.15) is 35.2 Å². The first kappa shape index (κ1) is 16.7. The van der Waals surface area contributed by atoms with Crippen LogP contribution >= 0.6 is 11.6 Å². The van der Waals surface area contributed by atoms with Gasteiger partial charge in [-0.1, -0.05) is 41.9 Å². The summed E-state index contributed by atoms with van der Waals surface area (Å²) in [6, 6.07) is 13.7. The summed E-state index contributed by atoms with van der Waals surface area (Å²) < 4.78 is 5.32. The van der Waals surface area contributed by atoms with Crippen molar-refractivity contribution < 1.29 is 9.53 Å². The largest absolute Gasteiger partial charge is 0.496 e. The zero-order valence-electron chi connectivity index (χ0n) is 13.8. The van der Waals surface area contributed by atoms with E-state index < -0.39 is 0 Å². The first-order valence-corrected chi connectivity index (χ1v) is 8.38. The number of nitrogen functional groups attached to an aromatic ring is 1. The number of likely N-dealkylation sites (tertiary alicyclic amines) is 1. The lowest BCUT2D eigenvalue weighted by molar-refractivity contribution is 0.0742. The topological polar surface area (TPSA) is 55.6 Å². The SMILES string of the molecule is COc1cc(N)c(Cl)cc1C(=O)N1CC(c2ccccc2)CC1C. The number of carbonyl (C=O) groups excluding carboxylic acids is 1. The fourth-order valence-corrected chi connectivity index (χ4v) is 3.50. The smallest absolute Gasteiger partial charge is 0.257 e. The molecule has 2 unspecified atom stereocenters. The Kier molecular flexibility index (Phi) is 4.67. The van der Waals surface area contributed by atoms with E-state index in [2.05, 4.69) is 19.1 Å². The van der Waals surface area contributed by atoms with Crippen LogP contribution in [-0.4, -0.2) is 30.5 Å². The highest BCUT2D eigenvalue weighted by Crippen LogP contribution is 2.35. The Morgan fingerprint density at radius 1 is 1.29 bits per heavy atom. The van der Waals surface area contributed by atoms with E-state index in [-0.39, 0.29) is 11.9 Å². The van der Waals surface area contributed by atoms with Gasteiger partial charge in [-0.15, -0.1) is 0 Å². The van der Waals surface area contributed by atoms with Gasteiger partial charge in [0.2, 0.25) is 0 Å². The van der Waals surface area contributed by atoms with Crippen LogP contribution < -0.4 is 10.5 Å². The summed E-state index contributed by atoms with van der Waals surface area (Å²) in [6.07, 6.45) is 0.945. The molecule has 126 valence electrons. The number of ether oxygens (including phenoxy) is 1. The van der Waals surface area contributed by atoms with Crippen molar-refractivity contribution in [2.45, 2.75) is 25.3 Å². The lowest BCUT2D eigenvalue weighted by Crippen LogP contribution is -2.34. The summed E-state index contributed by atoms with van der Waals surface area (Å²) >= 11 is 6.10. The third kappa shape index (κ3) is 3.06. The zero-order chi connectivity index (χ0) is 17.3. The Bertz CT molecular complexity index is 749. The number of rotatable bonds is 3. The van der Waals surface area contributed by atoms with Crippen LogP contribution in [0.15, 0.2) is 42.5 Å². The molecule has 0 radical (unpaired) electrons. The maximum absolute atomic E-state index is 13.0. The molecule has 2 atom stereocenters. The van der Waals surface area contributed by atoms with E-state index in [0.717, 1.165) is 6.42 Å². The van der Waals surface area contributed by atoms with Crippen LogP contribution in [0.2, 0.25) is 5.02 Å². The highest BCUT2D eigenvalue weighted by atomic mass is 35.5. The molecule has 2 N–H and O–H groups in total. The van der Waals surface area contributed by atoms with E-state index in [1.807, 2.05) is 23.1 Å². The monoisotopic (exact) mass is 344 g/mol. The fourth-order valence-electron chi connectivity index (χ4n) is 3.34. The molecular weight excluding hydrogens is 324 g/mol. The molecule has 2 aromatic carbocycles. The molecule has 3 rings (SSSR count). The lowest BCUT2D eigenvalue weighted by atomic mass is 9.97. The Balaban J connectivity index is 1.87. The van der Waals surface area contributed by atoms with Crippen molar-refractivity contribution in [1.82, 2.24) is 4.90 Å². The fraction of sp³-hybridized carbons (Fsp3) is 0.316. The number of anilines is 1. The van der Waals surface area contributed by atoms with Gasteiger partial charge in [-0.25, -0.2) is 0 Å². The van der Waals surface area contributed by atoms with Crippen molar-refractivity contribution in [3.8, 4) is 5.75 Å². The Morgan fingerprint density at radius 3 is 2.67 bits per heavy atom. The number of amides is 1. The molecule has 5 heteroatoms. The van der Waals surface area contributed by atoms with E-state index in [4.69, 9.17) is 22.1 Å². The van der Waals surface area contributed by atoms with Gasteiger partial charge in [-0.05, 0) is 25.0 Å². The van der Waals surface area contributed by atoms with Crippen molar-refractivity contribution in [2.24, 2.45) is 0 Å². The summed E-state index contributed by atoms with van der Waals surface area (Å²) in [4.78, 5) is 14.9. The maximum atomic E-state index is 13.0. The minimum Gasteiger partial charge on any atom is -0.496 e. The molecule has 1 amide bonds. The molecule has 1 heterocycles. The molecule has 0 bridgehead atoms. The van der Waals surface area contributed by atoms with Crippen molar-refractivity contribution >= 4 is 23.2 Å². The van der Waals surface area contributed by atoms with Crippen molar-refractivity contribution in [1.29, 1.82) is 0 Å². The normalized spacial score (nSPS) is 20.2. The average Bonchev–Trinajstić information content (AvgIpc) is 2.99. The van der Waals surface area contributed by atoms with Gasteiger partial charge < -0.3 is 15.4 Å². The first-order valence-electron chi connectivity index (χ1n) is 8.00. The van der Waals surface area contributed by atoms with Crippen molar-refractivity contribution in [3.05, 3.63) is 58.6 Å². The second-order valence-electron chi connectivity index (χ2n) is 6.22. The van der Waals surface area contributed by atoms with Crippen LogP contribution in [-0.2, 0) is 0 Å². The molecule has 0 saturated carbocycles.